The van der Waals surface area contributed by atoms with Gasteiger partial charge in [0.2, 0.25) is 0 Å². The third kappa shape index (κ3) is 2.03. The number of ether oxygens (including phenoxy) is 1. The second-order valence-corrected chi connectivity index (χ2v) is 5.22. The minimum atomic E-state index is -0.227. The molecule has 0 bridgehead atoms. The maximum absolute atomic E-state index is 11.9. The molecular weight excluding hydrogens is 238 g/mol. The van der Waals surface area contributed by atoms with E-state index in [-0.39, 0.29) is 5.97 Å². The highest BCUT2D eigenvalue weighted by atomic mass is 16.5. The van der Waals surface area contributed by atoms with E-state index < -0.39 is 0 Å². The van der Waals surface area contributed by atoms with Crippen LogP contribution in [0.15, 0.2) is 12.1 Å². The first-order chi connectivity index (χ1) is 9.20. The number of hydrogen-bond donors (Lipinski definition) is 1. The fraction of sp³-hybridized carbons (Fsp3) is 0.438. The molecule has 0 radical (unpaired) electrons. The van der Waals surface area contributed by atoms with E-state index in [1.165, 1.54) is 29.5 Å². The SMILES string of the molecule is CCOC(=O)c1cc2[nH]c3c(c2cc1C)CCCC3. The molecule has 1 aromatic heterocycles. The molecule has 1 N–H and O–H groups in total. The molecule has 2 aromatic rings. The first kappa shape index (κ1) is 12.3. The van der Waals surface area contributed by atoms with Gasteiger partial charge in [-0.15, -0.1) is 0 Å². The van der Waals surface area contributed by atoms with Gasteiger partial charge in [0.15, 0.2) is 0 Å². The van der Waals surface area contributed by atoms with Crippen LogP contribution in [-0.4, -0.2) is 17.6 Å². The van der Waals surface area contributed by atoms with E-state index in [9.17, 15) is 4.79 Å². The van der Waals surface area contributed by atoms with E-state index >= 15 is 0 Å². The Balaban J connectivity index is 2.13. The fourth-order valence-electron chi connectivity index (χ4n) is 2.99. The average Bonchev–Trinajstić information content (AvgIpc) is 2.76. The number of aromatic amines is 1. The smallest absolute Gasteiger partial charge is 0.338 e. The van der Waals surface area contributed by atoms with Crippen LogP contribution in [0.1, 0.15) is 46.9 Å². The number of carbonyl (C=O) groups is 1. The van der Waals surface area contributed by atoms with Crippen LogP contribution in [0.2, 0.25) is 0 Å². The molecular formula is C16H19NO2. The summed E-state index contributed by atoms with van der Waals surface area (Å²) in [5.41, 5.74) is 5.54. The molecule has 0 fully saturated rings. The van der Waals surface area contributed by atoms with Crippen LogP contribution in [0.5, 0.6) is 0 Å². The molecule has 3 nitrogen and oxygen atoms in total. The lowest BCUT2D eigenvalue weighted by atomic mass is 9.94. The first-order valence-electron chi connectivity index (χ1n) is 7.02. The van der Waals surface area contributed by atoms with E-state index in [2.05, 4.69) is 11.1 Å². The molecule has 1 aromatic carbocycles. The topological polar surface area (TPSA) is 42.1 Å². The maximum atomic E-state index is 11.9. The summed E-state index contributed by atoms with van der Waals surface area (Å²) >= 11 is 0. The third-order valence-electron chi connectivity index (χ3n) is 3.94. The van der Waals surface area contributed by atoms with Gasteiger partial charge in [0.25, 0.3) is 0 Å². The van der Waals surface area contributed by atoms with E-state index in [1.54, 1.807) is 0 Å². The van der Waals surface area contributed by atoms with E-state index in [4.69, 9.17) is 4.74 Å². The van der Waals surface area contributed by atoms with Gasteiger partial charge in [-0.2, -0.15) is 0 Å². The Morgan fingerprint density at radius 1 is 1.32 bits per heavy atom. The van der Waals surface area contributed by atoms with Crippen molar-refractivity contribution in [3.63, 3.8) is 0 Å². The minimum absolute atomic E-state index is 0.227. The molecule has 3 rings (SSSR count). The normalized spacial score (nSPS) is 14.4. The number of H-pyrrole nitrogens is 1. The summed E-state index contributed by atoms with van der Waals surface area (Å²) in [7, 11) is 0. The van der Waals surface area contributed by atoms with Gasteiger partial charge in [-0.05, 0) is 62.8 Å². The van der Waals surface area contributed by atoms with Crippen LogP contribution < -0.4 is 0 Å². The number of fused-ring (bicyclic) bond motifs is 3. The van der Waals surface area contributed by atoms with Gasteiger partial charge in [-0.25, -0.2) is 4.79 Å². The number of carbonyl (C=O) groups excluding carboxylic acids is 1. The van der Waals surface area contributed by atoms with E-state index in [1.807, 2.05) is 19.9 Å². The van der Waals surface area contributed by atoms with Crippen LogP contribution in [0, 0.1) is 6.92 Å². The molecule has 0 atom stereocenters. The molecule has 0 amide bonds. The predicted molar refractivity (Wildman–Crippen MR) is 75.6 cm³/mol. The van der Waals surface area contributed by atoms with Crippen LogP contribution in [0.25, 0.3) is 10.9 Å². The van der Waals surface area contributed by atoms with Gasteiger partial charge in [0.05, 0.1) is 12.2 Å². The van der Waals surface area contributed by atoms with Crippen molar-refractivity contribution in [2.24, 2.45) is 0 Å². The van der Waals surface area contributed by atoms with Crippen LogP contribution in [-0.2, 0) is 17.6 Å². The number of aromatic nitrogens is 1. The number of hydrogen-bond acceptors (Lipinski definition) is 2. The molecule has 0 unspecified atom stereocenters. The summed E-state index contributed by atoms with van der Waals surface area (Å²) in [4.78, 5) is 15.4. The van der Waals surface area contributed by atoms with Crippen molar-refractivity contribution in [1.29, 1.82) is 0 Å². The van der Waals surface area contributed by atoms with Crippen LogP contribution >= 0.6 is 0 Å². The molecule has 1 aliphatic rings. The van der Waals surface area contributed by atoms with Gasteiger partial charge in [0, 0.05) is 16.6 Å². The van der Waals surface area contributed by atoms with Gasteiger partial charge >= 0.3 is 5.97 Å². The van der Waals surface area contributed by atoms with Crippen LogP contribution in [0.4, 0.5) is 0 Å². The Hall–Kier alpha value is -1.77. The third-order valence-corrected chi connectivity index (χ3v) is 3.94. The zero-order valence-corrected chi connectivity index (χ0v) is 11.5. The zero-order chi connectivity index (χ0) is 13.4. The van der Waals surface area contributed by atoms with Crippen molar-refractivity contribution in [3.8, 4) is 0 Å². The highest BCUT2D eigenvalue weighted by Crippen LogP contribution is 2.31. The number of aryl methyl sites for hydroxylation is 3. The van der Waals surface area contributed by atoms with E-state index in [0.29, 0.717) is 12.2 Å². The molecule has 0 aliphatic heterocycles. The second-order valence-electron chi connectivity index (χ2n) is 5.22. The molecule has 100 valence electrons. The summed E-state index contributed by atoms with van der Waals surface area (Å²) < 4.78 is 5.11. The molecule has 0 saturated carbocycles. The molecule has 0 spiro atoms. The maximum Gasteiger partial charge on any atom is 0.338 e. The van der Waals surface area contributed by atoms with Gasteiger partial charge in [0.1, 0.15) is 0 Å². The summed E-state index contributed by atoms with van der Waals surface area (Å²) in [6.07, 6.45) is 4.79. The highest BCUT2D eigenvalue weighted by molar-refractivity contribution is 5.97. The highest BCUT2D eigenvalue weighted by Gasteiger charge is 2.18. The number of esters is 1. The van der Waals surface area contributed by atoms with Crippen molar-refractivity contribution in [3.05, 3.63) is 34.5 Å². The summed E-state index contributed by atoms with van der Waals surface area (Å²) in [5.74, 6) is -0.227. The fourth-order valence-corrected chi connectivity index (χ4v) is 2.99. The molecule has 3 heteroatoms. The molecule has 19 heavy (non-hydrogen) atoms. The number of benzene rings is 1. The lowest BCUT2D eigenvalue weighted by Gasteiger charge is -2.10. The van der Waals surface area contributed by atoms with Crippen molar-refractivity contribution in [2.45, 2.75) is 39.5 Å². The quantitative estimate of drug-likeness (QED) is 0.836. The molecule has 0 saturated heterocycles. The van der Waals surface area contributed by atoms with Crippen molar-refractivity contribution in [2.75, 3.05) is 6.61 Å². The number of rotatable bonds is 2. The summed E-state index contributed by atoms with van der Waals surface area (Å²) in [6.45, 7) is 4.23. The first-order valence-corrected chi connectivity index (χ1v) is 7.02. The zero-order valence-electron chi connectivity index (χ0n) is 11.5. The monoisotopic (exact) mass is 257 g/mol. The van der Waals surface area contributed by atoms with Crippen molar-refractivity contribution in [1.82, 2.24) is 4.98 Å². The van der Waals surface area contributed by atoms with Gasteiger partial charge < -0.3 is 9.72 Å². The largest absolute Gasteiger partial charge is 0.462 e. The Morgan fingerprint density at radius 2 is 2.11 bits per heavy atom. The Labute approximate surface area is 113 Å². The van der Waals surface area contributed by atoms with E-state index in [0.717, 1.165) is 23.9 Å². The predicted octanol–water partition coefficient (Wildman–Crippen LogP) is 3.53. The lowest BCUT2D eigenvalue weighted by molar-refractivity contribution is 0.0525. The lowest BCUT2D eigenvalue weighted by Crippen LogP contribution is -2.06. The minimum Gasteiger partial charge on any atom is -0.462 e. The van der Waals surface area contributed by atoms with Crippen molar-refractivity contribution < 1.29 is 9.53 Å². The van der Waals surface area contributed by atoms with Gasteiger partial charge in [-0.3, -0.25) is 0 Å². The Bertz CT molecular complexity index is 640. The van der Waals surface area contributed by atoms with Crippen molar-refractivity contribution >= 4 is 16.9 Å². The molecule has 1 heterocycles. The molecule has 1 aliphatic carbocycles. The number of nitrogens with one attached hydrogen (secondary N) is 1. The summed E-state index contributed by atoms with van der Waals surface area (Å²) in [5, 5.41) is 1.28. The van der Waals surface area contributed by atoms with Crippen LogP contribution in [0.3, 0.4) is 0 Å². The Morgan fingerprint density at radius 3 is 2.89 bits per heavy atom. The second kappa shape index (κ2) is 4.72. The summed E-state index contributed by atoms with van der Waals surface area (Å²) in [6, 6.07) is 4.07. The van der Waals surface area contributed by atoms with Gasteiger partial charge in [-0.1, -0.05) is 0 Å². The average molecular weight is 257 g/mol. The Kier molecular flexibility index (Phi) is 3.05. The standard InChI is InChI=1S/C16H19NO2/c1-3-19-16(18)12-9-15-13(8-10(12)2)11-6-4-5-7-14(11)17-15/h8-9,17H,3-7H2,1-2H3.